The quantitative estimate of drug-likeness (QED) is 0.452. The summed E-state index contributed by atoms with van der Waals surface area (Å²) < 4.78 is 2.18. The average molecular weight is 450 g/mol. The van der Waals surface area contributed by atoms with Crippen LogP contribution in [0.3, 0.4) is 0 Å². The number of anilines is 1. The maximum Gasteiger partial charge on any atom is 0.237 e. The van der Waals surface area contributed by atoms with Gasteiger partial charge in [-0.3, -0.25) is 9.69 Å². The molecule has 0 aliphatic carbocycles. The van der Waals surface area contributed by atoms with Crippen molar-refractivity contribution in [1.29, 1.82) is 0 Å². The van der Waals surface area contributed by atoms with Crippen LogP contribution in [0.5, 0.6) is 0 Å². The Bertz CT molecular complexity index is 986. The van der Waals surface area contributed by atoms with Crippen LogP contribution < -0.4 is 4.90 Å². The van der Waals surface area contributed by atoms with E-state index < -0.39 is 0 Å². The standard InChI is InChI=1S/C25H31N5OS/c1-2-29(22-14-8-4-9-15-22)24(31)20-32-25-27-26-23(19-28-16-10-5-11-17-28)30(25)18-21-12-6-3-7-13-21/h3-4,6-9,12-15H,2,5,10-11,16-20H2,1H3. The first-order valence-corrected chi connectivity index (χ1v) is 12.4. The van der Waals surface area contributed by atoms with Crippen molar-refractivity contribution in [1.82, 2.24) is 19.7 Å². The fourth-order valence-electron chi connectivity index (χ4n) is 4.10. The number of carbonyl (C=O) groups is 1. The van der Waals surface area contributed by atoms with Gasteiger partial charge in [0.1, 0.15) is 5.82 Å². The number of rotatable bonds is 9. The van der Waals surface area contributed by atoms with E-state index in [4.69, 9.17) is 0 Å². The number of hydrogen-bond donors (Lipinski definition) is 0. The summed E-state index contributed by atoms with van der Waals surface area (Å²) in [5.41, 5.74) is 2.14. The Balaban J connectivity index is 1.49. The highest BCUT2D eigenvalue weighted by molar-refractivity contribution is 7.99. The number of nitrogens with zero attached hydrogens (tertiary/aromatic N) is 5. The zero-order valence-corrected chi connectivity index (χ0v) is 19.5. The molecule has 3 aromatic rings. The van der Waals surface area contributed by atoms with Crippen LogP contribution in [-0.4, -0.2) is 51.0 Å². The van der Waals surface area contributed by atoms with Gasteiger partial charge in [0.2, 0.25) is 5.91 Å². The van der Waals surface area contributed by atoms with Crippen LogP contribution in [0.4, 0.5) is 5.69 Å². The molecule has 1 aliphatic heterocycles. The van der Waals surface area contributed by atoms with Crippen molar-refractivity contribution >= 4 is 23.4 Å². The van der Waals surface area contributed by atoms with Crippen molar-refractivity contribution < 1.29 is 4.79 Å². The normalized spacial score (nSPS) is 14.4. The van der Waals surface area contributed by atoms with Crippen LogP contribution in [-0.2, 0) is 17.9 Å². The van der Waals surface area contributed by atoms with E-state index in [0.717, 1.165) is 36.3 Å². The molecule has 0 saturated carbocycles. The fourth-order valence-corrected chi connectivity index (χ4v) is 4.93. The molecule has 1 amide bonds. The highest BCUT2D eigenvalue weighted by Crippen LogP contribution is 2.23. The number of aromatic nitrogens is 3. The van der Waals surface area contributed by atoms with Crippen molar-refractivity contribution in [3.05, 3.63) is 72.1 Å². The van der Waals surface area contributed by atoms with Gasteiger partial charge in [-0.25, -0.2) is 0 Å². The van der Waals surface area contributed by atoms with E-state index >= 15 is 0 Å². The molecular weight excluding hydrogens is 418 g/mol. The molecule has 0 spiro atoms. The largest absolute Gasteiger partial charge is 0.312 e. The van der Waals surface area contributed by atoms with Crippen LogP contribution in [0.2, 0.25) is 0 Å². The number of thioether (sulfide) groups is 1. The topological polar surface area (TPSA) is 54.3 Å². The van der Waals surface area contributed by atoms with Crippen LogP contribution in [0.25, 0.3) is 0 Å². The Morgan fingerprint density at radius 2 is 1.62 bits per heavy atom. The number of likely N-dealkylation sites (tertiary alicyclic amines) is 1. The Labute approximate surface area is 194 Å². The molecule has 1 aliphatic rings. The van der Waals surface area contributed by atoms with Gasteiger partial charge in [0.25, 0.3) is 0 Å². The number of carbonyl (C=O) groups excluding carboxylic acids is 1. The van der Waals surface area contributed by atoms with E-state index in [0.29, 0.717) is 18.8 Å². The molecule has 2 heterocycles. The third kappa shape index (κ3) is 5.78. The zero-order chi connectivity index (χ0) is 22.2. The summed E-state index contributed by atoms with van der Waals surface area (Å²) in [6, 6.07) is 20.2. The second-order valence-corrected chi connectivity index (χ2v) is 9.01. The highest BCUT2D eigenvalue weighted by atomic mass is 32.2. The van der Waals surface area contributed by atoms with E-state index in [-0.39, 0.29) is 5.91 Å². The lowest BCUT2D eigenvalue weighted by atomic mass is 10.1. The molecular formula is C25H31N5OS. The second-order valence-electron chi connectivity index (χ2n) is 8.07. The summed E-state index contributed by atoms with van der Waals surface area (Å²) in [5, 5.41) is 9.82. The summed E-state index contributed by atoms with van der Waals surface area (Å²) in [4.78, 5) is 17.3. The van der Waals surface area contributed by atoms with E-state index in [9.17, 15) is 4.79 Å². The maximum absolute atomic E-state index is 13.0. The number of benzene rings is 2. The Kier molecular flexibility index (Phi) is 7.96. The molecule has 4 rings (SSSR count). The van der Waals surface area contributed by atoms with E-state index in [1.54, 1.807) is 0 Å². The van der Waals surface area contributed by atoms with Crippen molar-refractivity contribution in [2.75, 3.05) is 30.3 Å². The van der Waals surface area contributed by atoms with E-state index in [1.807, 2.05) is 48.2 Å². The Morgan fingerprint density at radius 1 is 0.938 bits per heavy atom. The maximum atomic E-state index is 13.0. The first-order valence-electron chi connectivity index (χ1n) is 11.4. The van der Waals surface area contributed by atoms with Crippen molar-refractivity contribution in [2.45, 2.75) is 44.4 Å². The summed E-state index contributed by atoms with van der Waals surface area (Å²) in [6.45, 7) is 6.39. The number of amides is 1. The molecule has 7 heteroatoms. The van der Waals surface area contributed by atoms with Gasteiger partial charge in [-0.15, -0.1) is 10.2 Å². The third-order valence-corrected chi connectivity index (χ3v) is 6.75. The monoisotopic (exact) mass is 449 g/mol. The van der Waals surface area contributed by atoms with Crippen LogP contribution >= 0.6 is 11.8 Å². The number of hydrogen-bond acceptors (Lipinski definition) is 5. The summed E-state index contributed by atoms with van der Waals surface area (Å²) in [6.07, 6.45) is 3.80. The molecule has 1 fully saturated rings. The SMILES string of the molecule is CCN(C(=O)CSc1nnc(CN2CCCCC2)n1Cc1ccccc1)c1ccccc1. The molecule has 0 unspecified atom stereocenters. The molecule has 2 aromatic carbocycles. The lowest BCUT2D eigenvalue weighted by Crippen LogP contribution is -2.32. The minimum Gasteiger partial charge on any atom is -0.312 e. The Hall–Kier alpha value is -2.64. The van der Waals surface area contributed by atoms with E-state index in [2.05, 4.69) is 43.9 Å². The zero-order valence-electron chi connectivity index (χ0n) is 18.7. The summed E-state index contributed by atoms with van der Waals surface area (Å²) in [5.74, 6) is 1.39. The lowest BCUT2D eigenvalue weighted by Gasteiger charge is -2.26. The Morgan fingerprint density at radius 3 is 2.31 bits per heavy atom. The van der Waals surface area contributed by atoms with Crippen LogP contribution in [0.15, 0.2) is 65.8 Å². The molecule has 1 aromatic heterocycles. The van der Waals surface area contributed by atoms with Gasteiger partial charge < -0.3 is 9.47 Å². The van der Waals surface area contributed by atoms with Gasteiger partial charge in [-0.1, -0.05) is 66.7 Å². The minimum atomic E-state index is 0.0792. The van der Waals surface area contributed by atoms with Gasteiger partial charge in [0, 0.05) is 12.2 Å². The predicted molar refractivity (Wildman–Crippen MR) is 130 cm³/mol. The third-order valence-electron chi connectivity index (χ3n) is 5.80. The molecule has 0 N–H and O–H groups in total. The van der Waals surface area contributed by atoms with Gasteiger partial charge in [-0.2, -0.15) is 0 Å². The second kappa shape index (κ2) is 11.3. The van der Waals surface area contributed by atoms with Crippen LogP contribution in [0, 0.1) is 0 Å². The minimum absolute atomic E-state index is 0.0792. The first-order chi connectivity index (χ1) is 15.7. The molecule has 168 valence electrons. The van der Waals surface area contributed by atoms with Gasteiger partial charge in [0.15, 0.2) is 5.16 Å². The molecule has 0 radical (unpaired) electrons. The molecule has 0 atom stereocenters. The fraction of sp³-hybridized carbons (Fsp3) is 0.400. The van der Waals surface area contributed by atoms with Crippen molar-refractivity contribution in [2.24, 2.45) is 0 Å². The van der Waals surface area contributed by atoms with Gasteiger partial charge in [-0.05, 0) is 50.6 Å². The number of piperidine rings is 1. The predicted octanol–water partition coefficient (Wildman–Crippen LogP) is 4.46. The molecule has 0 bridgehead atoms. The summed E-state index contributed by atoms with van der Waals surface area (Å²) >= 11 is 1.48. The molecule has 6 nitrogen and oxygen atoms in total. The van der Waals surface area contributed by atoms with E-state index in [1.165, 1.54) is 36.6 Å². The van der Waals surface area contributed by atoms with Crippen LogP contribution in [0.1, 0.15) is 37.6 Å². The smallest absolute Gasteiger partial charge is 0.237 e. The summed E-state index contributed by atoms with van der Waals surface area (Å²) in [7, 11) is 0. The average Bonchev–Trinajstić information content (AvgIpc) is 3.21. The number of para-hydroxylation sites is 1. The molecule has 1 saturated heterocycles. The van der Waals surface area contributed by atoms with Gasteiger partial charge >= 0.3 is 0 Å². The van der Waals surface area contributed by atoms with Crippen molar-refractivity contribution in [3.8, 4) is 0 Å². The lowest BCUT2D eigenvalue weighted by molar-refractivity contribution is -0.116. The van der Waals surface area contributed by atoms with Crippen molar-refractivity contribution in [3.63, 3.8) is 0 Å². The molecule has 32 heavy (non-hydrogen) atoms. The highest BCUT2D eigenvalue weighted by Gasteiger charge is 2.20. The van der Waals surface area contributed by atoms with Gasteiger partial charge in [0.05, 0.1) is 18.8 Å². The first kappa shape index (κ1) is 22.6.